The van der Waals surface area contributed by atoms with E-state index >= 15 is 0 Å². The summed E-state index contributed by atoms with van der Waals surface area (Å²) in [6, 6.07) is 17.2. The van der Waals surface area contributed by atoms with Gasteiger partial charge in [-0.3, -0.25) is 14.6 Å². The Bertz CT molecular complexity index is 1300. The lowest BCUT2D eigenvalue weighted by atomic mass is 10.1. The van der Waals surface area contributed by atoms with Crippen LogP contribution in [0.4, 0.5) is 0 Å². The van der Waals surface area contributed by atoms with Crippen LogP contribution in [0.5, 0.6) is 11.5 Å². The average Bonchev–Trinajstić information content (AvgIpc) is 2.80. The molecule has 2 aromatic carbocycles. The Morgan fingerprint density at radius 3 is 2.61 bits per heavy atom. The number of carbonyl (C=O) groups is 1. The van der Waals surface area contributed by atoms with Gasteiger partial charge in [-0.25, -0.2) is 4.68 Å². The molecule has 0 fully saturated rings. The zero-order chi connectivity index (χ0) is 21.8. The molecular weight excluding hydrogens is 396 g/mol. The van der Waals surface area contributed by atoms with Gasteiger partial charge in [0.1, 0.15) is 18.1 Å². The SMILES string of the molecule is COc1ccc2c(OCCn3nc(-c4ccc(C(N)=O)cc4)ccc3=O)ccnc2c1. The second kappa shape index (κ2) is 8.66. The molecule has 0 aliphatic rings. The lowest BCUT2D eigenvalue weighted by Crippen LogP contribution is -2.25. The van der Waals surface area contributed by atoms with Crippen molar-refractivity contribution in [3.8, 4) is 22.8 Å². The summed E-state index contributed by atoms with van der Waals surface area (Å²) in [5.41, 5.74) is 7.59. The normalized spacial score (nSPS) is 10.7. The molecule has 0 saturated heterocycles. The number of hydrogen-bond donors (Lipinski definition) is 1. The summed E-state index contributed by atoms with van der Waals surface area (Å²) in [6.07, 6.45) is 1.66. The summed E-state index contributed by atoms with van der Waals surface area (Å²) in [4.78, 5) is 27.8. The molecule has 0 radical (unpaired) electrons. The molecule has 8 heteroatoms. The van der Waals surface area contributed by atoms with Crippen LogP contribution >= 0.6 is 0 Å². The topological polar surface area (TPSA) is 109 Å². The minimum atomic E-state index is -0.497. The largest absolute Gasteiger partial charge is 0.497 e. The molecule has 2 heterocycles. The third-order valence-corrected chi connectivity index (χ3v) is 4.80. The standard InChI is InChI=1S/C23H20N4O4/c1-30-17-6-7-18-20(14-17)25-11-10-21(18)31-13-12-27-22(28)9-8-19(26-27)15-2-4-16(5-3-15)23(24)29/h2-11,14H,12-13H2,1H3,(H2,24,29). The average molecular weight is 416 g/mol. The Balaban J connectivity index is 1.50. The highest BCUT2D eigenvalue weighted by molar-refractivity contribution is 5.93. The number of carbonyl (C=O) groups excluding carboxylic acids is 1. The van der Waals surface area contributed by atoms with Gasteiger partial charge in [0.05, 0.1) is 24.9 Å². The fourth-order valence-electron chi connectivity index (χ4n) is 3.16. The van der Waals surface area contributed by atoms with Crippen molar-refractivity contribution in [1.29, 1.82) is 0 Å². The summed E-state index contributed by atoms with van der Waals surface area (Å²) in [6.45, 7) is 0.522. The first-order valence-corrected chi connectivity index (χ1v) is 9.59. The number of fused-ring (bicyclic) bond motifs is 1. The van der Waals surface area contributed by atoms with E-state index in [9.17, 15) is 9.59 Å². The van der Waals surface area contributed by atoms with Crippen LogP contribution in [-0.4, -0.2) is 34.4 Å². The number of primary amides is 1. The van der Waals surface area contributed by atoms with E-state index in [0.29, 0.717) is 22.8 Å². The van der Waals surface area contributed by atoms with Gasteiger partial charge in [-0.1, -0.05) is 12.1 Å². The number of rotatable bonds is 7. The van der Waals surface area contributed by atoms with Crippen molar-refractivity contribution >= 4 is 16.8 Å². The molecule has 4 aromatic rings. The van der Waals surface area contributed by atoms with Gasteiger partial charge < -0.3 is 15.2 Å². The van der Waals surface area contributed by atoms with E-state index in [2.05, 4.69) is 10.1 Å². The highest BCUT2D eigenvalue weighted by atomic mass is 16.5. The van der Waals surface area contributed by atoms with Crippen LogP contribution in [-0.2, 0) is 6.54 Å². The Hall–Kier alpha value is -4.20. The van der Waals surface area contributed by atoms with Gasteiger partial charge in [0, 0.05) is 34.8 Å². The van der Waals surface area contributed by atoms with E-state index in [-0.39, 0.29) is 18.7 Å². The van der Waals surface area contributed by atoms with E-state index in [1.807, 2.05) is 18.2 Å². The van der Waals surface area contributed by atoms with E-state index in [1.54, 1.807) is 49.7 Å². The number of pyridine rings is 1. The summed E-state index contributed by atoms with van der Waals surface area (Å²) in [5, 5.41) is 5.27. The van der Waals surface area contributed by atoms with Crippen LogP contribution in [0, 0.1) is 0 Å². The van der Waals surface area contributed by atoms with Crippen LogP contribution in [0.25, 0.3) is 22.2 Å². The maximum Gasteiger partial charge on any atom is 0.266 e. The highest BCUT2D eigenvalue weighted by Crippen LogP contribution is 2.27. The van der Waals surface area contributed by atoms with Crippen LogP contribution in [0.3, 0.4) is 0 Å². The van der Waals surface area contributed by atoms with Gasteiger partial charge in [0.2, 0.25) is 5.91 Å². The second-order valence-electron chi connectivity index (χ2n) is 6.76. The van der Waals surface area contributed by atoms with Crippen molar-refractivity contribution in [1.82, 2.24) is 14.8 Å². The number of nitrogens with two attached hydrogens (primary N) is 1. The minimum Gasteiger partial charge on any atom is -0.497 e. The number of hydrogen-bond acceptors (Lipinski definition) is 6. The monoisotopic (exact) mass is 416 g/mol. The fourth-order valence-corrected chi connectivity index (χ4v) is 3.16. The van der Waals surface area contributed by atoms with Crippen molar-refractivity contribution < 1.29 is 14.3 Å². The first kappa shape index (κ1) is 20.1. The van der Waals surface area contributed by atoms with Crippen molar-refractivity contribution in [2.45, 2.75) is 6.54 Å². The zero-order valence-corrected chi connectivity index (χ0v) is 16.8. The molecule has 8 nitrogen and oxygen atoms in total. The zero-order valence-electron chi connectivity index (χ0n) is 16.8. The molecule has 0 spiro atoms. The van der Waals surface area contributed by atoms with Crippen molar-refractivity contribution in [2.75, 3.05) is 13.7 Å². The maximum atomic E-state index is 12.2. The van der Waals surface area contributed by atoms with Gasteiger partial charge in [-0.15, -0.1) is 0 Å². The van der Waals surface area contributed by atoms with Gasteiger partial charge in [-0.2, -0.15) is 5.10 Å². The molecule has 156 valence electrons. The third kappa shape index (κ3) is 4.37. The Morgan fingerprint density at radius 1 is 1.06 bits per heavy atom. The first-order valence-electron chi connectivity index (χ1n) is 9.59. The van der Waals surface area contributed by atoms with E-state index < -0.39 is 5.91 Å². The number of methoxy groups -OCH3 is 1. The molecule has 0 aliphatic heterocycles. The van der Waals surface area contributed by atoms with Crippen LogP contribution in [0.15, 0.2) is 71.7 Å². The molecule has 4 rings (SSSR count). The minimum absolute atomic E-state index is 0.231. The molecule has 31 heavy (non-hydrogen) atoms. The summed E-state index contributed by atoms with van der Waals surface area (Å²) in [7, 11) is 1.60. The summed E-state index contributed by atoms with van der Waals surface area (Å²) < 4.78 is 12.5. The number of amides is 1. The molecule has 0 aliphatic carbocycles. The van der Waals surface area contributed by atoms with Crippen molar-refractivity contribution in [3.63, 3.8) is 0 Å². The van der Waals surface area contributed by atoms with Gasteiger partial charge >= 0.3 is 0 Å². The van der Waals surface area contributed by atoms with E-state index in [4.69, 9.17) is 15.2 Å². The van der Waals surface area contributed by atoms with Gasteiger partial charge in [0.25, 0.3) is 5.56 Å². The Kier molecular flexibility index (Phi) is 5.61. The Morgan fingerprint density at radius 2 is 1.87 bits per heavy atom. The van der Waals surface area contributed by atoms with E-state index in [0.717, 1.165) is 16.5 Å². The third-order valence-electron chi connectivity index (χ3n) is 4.80. The molecular formula is C23H20N4O4. The summed E-state index contributed by atoms with van der Waals surface area (Å²) in [5.74, 6) is 0.885. The number of benzene rings is 2. The molecule has 0 atom stereocenters. The lowest BCUT2D eigenvalue weighted by Gasteiger charge is -2.11. The molecule has 1 amide bonds. The maximum absolute atomic E-state index is 12.2. The number of aromatic nitrogens is 3. The smallest absolute Gasteiger partial charge is 0.266 e. The predicted octanol–water partition coefficient (Wildman–Crippen LogP) is 2.65. The lowest BCUT2D eigenvalue weighted by molar-refractivity contribution is 0.100. The van der Waals surface area contributed by atoms with E-state index in [1.165, 1.54) is 10.7 Å². The molecule has 0 saturated carbocycles. The summed E-state index contributed by atoms with van der Waals surface area (Å²) >= 11 is 0. The Labute approximate surface area is 177 Å². The van der Waals surface area contributed by atoms with Crippen molar-refractivity contribution in [2.24, 2.45) is 5.73 Å². The molecule has 0 unspecified atom stereocenters. The molecule has 2 N–H and O–H groups in total. The fraction of sp³-hybridized carbons (Fsp3) is 0.130. The number of nitrogens with zero attached hydrogens (tertiary/aromatic N) is 3. The van der Waals surface area contributed by atoms with Crippen LogP contribution in [0.1, 0.15) is 10.4 Å². The quantitative estimate of drug-likeness (QED) is 0.496. The second-order valence-corrected chi connectivity index (χ2v) is 6.76. The van der Waals surface area contributed by atoms with Gasteiger partial charge in [-0.05, 0) is 36.4 Å². The molecule has 0 bridgehead atoms. The highest BCUT2D eigenvalue weighted by Gasteiger charge is 2.08. The molecule has 2 aromatic heterocycles. The predicted molar refractivity (Wildman–Crippen MR) is 116 cm³/mol. The van der Waals surface area contributed by atoms with Crippen LogP contribution < -0.4 is 20.8 Å². The number of ether oxygens (including phenoxy) is 2. The van der Waals surface area contributed by atoms with Crippen molar-refractivity contribution in [3.05, 3.63) is 82.8 Å². The first-order chi connectivity index (χ1) is 15.0. The van der Waals surface area contributed by atoms with Crippen LogP contribution in [0.2, 0.25) is 0 Å². The van der Waals surface area contributed by atoms with Gasteiger partial charge in [0.15, 0.2) is 0 Å².